The molecule has 1 heterocycles. The molecule has 0 radical (unpaired) electrons. The Morgan fingerprint density at radius 2 is 2.29 bits per heavy atom. The van der Waals surface area contributed by atoms with Crippen molar-refractivity contribution >= 4 is 11.8 Å². The fourth-order valence-corrected chi connectivity index (χ4v) is 1.82. The highest BCUT2D eigenvalue weighted by atomic mass is 16.2. The molecular weight excluding hydrogens is 182 g/mol. The predicted molar refractivity (Wildman–Crippen MR) is 50.3 cm³/mol. The Morgan fingerprint density at radius 3 is 2.71 bits per heavy atom. The number of amides is 2. The van der Waals surface area contributed by atoms with E-state index in [2.05, 4.69) is 10.6 Å². The zero-order valence-corrected chi connectivity index (χ0v) is 8.01. The van der Waals surface area contributed by atoms with Crippen molar-refractivity contribution in [3.05, 3.63) is 0 Å². The topological polar surface area (TPSA) is 84.2 Å². The number of nitrogens with one attached hydrogen (secondary N) is 2. The zero-order chi connectivity index (χ0) is 10.2. The van der Waals surface area contributed by atoms with Gasteiger partial charge in [0, 0.05) is 13.0 Å². The van der Waals surface area contributed by atoms with Crippen molar-refractivity contribution < 1.29 is 9.59 Å². The van der Waals surface area contributed by atoms with E-state index in [1.807, 2.05) is 0 Å². The Labute approximate surface area is 82.4 Å². The predicted octanol–water partition coefficient (Wildman–Crippen LogP) is -1.13. The third-order valence-corrected chi connectivity index (χ3v) is 3.01. The second-order valence-electron chi connectivity index (χ2n) is 4.19. The molecule has 2 rings (SSSR count). The van der Waals surface area contributed by atoms with Gasteiger partial charge in [0.2, 0.25) is 11.8 Å². The van der Waals surface area contributed by atoms with Gasteiger partial charge < -0.3 is 16.4 Å². The summed E-state index contributed by atoms with van der Waals surface area (Å²) >= 11 is 0. The fraction of sp³-hybridized carbons (Fsp3) is 0.778. The summed E-state index contributed by atoms with van der Waals surface area (Å²) in [6.07, 6.45) is 2.91. The third-order valence-electron chi connectivity index (χ3n) is 3.01. The Kier molecular flexibility index (Phi) is 2.19. The Bertz CT molecular complexity index is 273. The number of rotatable bonds is 2. The second kappa shape index (κ2) is 3.24. The highest BCUT2D eigenvalue weighted by molar-refractivity contribution is 5.88. The monoisotopic (exact) mass is 197 g/mol. The van der Waals surface area contributed by atoms with Gasteiger partial charge in [0.15, 0.2) is 0 Å². The molecule has 0 aromatic carbocycles. The van der Waals surface area contributed by atoms with Crippen molar-refractivity contribution in [3.8, 4) is 0 Å². The standard InChI is InChI=1S/C9H15N3O2/c10-9(2-1-3-9)8(14)12-6-4-7(13)11-5-6/h6H,1-5,10H2,(H,11,13)(H,12,14). The molecule has 4 N–H and O–H groups in total. The van der Waals surface area contributed by atoms with Crippen LogP contribution in [0.25, 0.3) is 0 Å². The molecule has 0 aromatic heterocycles. The first-order chi connectivity index (χ1) is 6.60. The maximum atomic E-state index is 11.6. The number of carbonyl (C=O) groups excluding carboxylic acids is 2. The smallest absolute Gasteiger partial charge is 0.240 e. The van der Waals surface area contributed by atoms with Crippen LogP contribution in [0, 0.1) is 0 Å². The largest absolute Gasteiger partial charge is 0.354 e. The SMILES string of the molecule is NC1(C(=O)NC2CNC(=O)C2)CCC1. The fourth-order valence-electron chi connectivity index (χ4n) is 1.82. The molecule has 0 spiro atoms. The summed E-state index contributed by atoms with van der Waals surface area (Å²) in [6.45, 7) is 0.528. The van der Waals surface area contributed by atoms with Crippen molar-refractivity contribution in [2.45, 2.75) is 37.3 Å². The quantitative estimate of drug-likeness (QED) is 0.524. The highest BCUT2D eigenvalue weighted by Gasteiger charge is 2.41. The average molecular weight is 197 g/mol. The highest BCUT2D eigenvalue weighted by Crippen LogP contribution is 2.29. The van der Waals surface area contributed by atoms with Gasteiger partial charge >= 0.3 is 0 Å². The molecule has 2 aliphatic rings. The molecular formula is C9H15N3O2. The molecule has 78 valence electrons. The normalized spacial score (nSPS) is 29.2. The Balaban J connectivity index is 1.85. The van der Waals surface area contributed by atoms with Crippen LogP contribution in [0.15, 0.2) is 0 Å². The zero-order valence-electron chi connectivity index (χ0n) is 8.01. The first-order valence-electron chi connectivity index (χ1n) is 4.97. The lowest BCUT2D eigenvalue weighted by Gasteiger charge is -2.36. The van der Waals surface area contributed by atoms with Crippen LogP contribution in [-0.4, -0.2) is 29.9 Å². The van der Waals surface area contributed by atoms with E-state index in [-0.39, 0.29) is 17.9 Å². The molecule has 1 aliphatic carbocycles. The minimum Gasteiger partial charge on any atom is -0.354 e. The molecule has 2 amide bonds. The summed E-state index contributed by atoms with van der Waals surface area (Å²) in [6, 6.07) is -0.0731. The van der Waals surface area contributed by atoms with Gasteiger partial charge in [-0.25, -0.2) is 0 Å². The van der Waals surface area contributed by atoms with E-state index in [4.69, 9.17) is 5.73 Å². The molecule has 1 saturated heterocycles. The van der Waals surface area contributed by atoms with Gasteiger partial charge in [0.25, 0.3) is 0 Å². The van der Waals surface area contributed by atoms with Crippen molar-refractivity contribution in [1.82, 2.24) is 10.6 Å². The molecule has 1 saturated carbocycles. The number of nitrogens with two attached hydrogens (primary N) is 1. The molecule has 5 nitrogen and oxygen atoms in total. The molecule has 1 unspecified atom stereocenters. The van der Waals surface area contributed by atoms with Crippen LogP contribution < -0.4 is 16.4 Å². The molecule has 2 fully saturated rings. The number of carbonyl (C=O) groups is 2. The van der Waals surface area contributed by atoms with Gasteiger partial charge in [-0.1, -0.05) is 0 Å². The third kappa shape index (κ3) is 1.59. The number of hydrogen-bond donors (Lipinski definition) is 3. The van der Waals surface area contributed by atoms with Gasteiger partial charge in [-0.05, 0) is 19.3 Å². The van der Waals surface area contributed by atoms with Crippen LogP contribution in [0.4, 0.5) is 0 Å². The van der Waals surface area contributed by atoms with E-state index in [1.54, 1.807) is 0 Å². The van der Waals surface area contributed by atoms with Gasteiger partial charge in [0.05, 0.1) is 11.6 Å². The van der Waals surface area contributed by atoms with E-state index in [9.17, 15) is 9.59 Å². The van der Waals surface area contributed by atoms with E-state index in [0.29, 0.717) is 13.0 Å². The van der Waals surface area contributed by atoms with Gasteiger partial charge in [0.1, 0.15) is 0 Å². The summed E-state index contributed by atoms with van der Waals surface area (Å²) in [7, 11) is 0. The minimum atomic E-state index is -0.661. The lowest BCUT2D eigenvalue weighted by Crippen LogP contribution is -2.60. The van der Waals surface area contributed by atoms with E-state index >= 15 is 0 Å². The van der Waals surface area contributed by atoms with Crippen molar-refractivity contribution in [2.24, 2.45) is 5.73 Å². The molecule has 0 aromatic rings. The second-order valence-corrected chi connectivity index (χ2v) is 4.19. The van der Waals surface area contributed by atoms with Crippen LogP contribution in [0.5, 0.6) is 0 Å². The average Bonchev–Trinajstić information content (AvgIpc) is 2.47. The van der Waals surface area contributed by atoms with Crippen LogP contribution in [0.2, 0.25) is 0 Å². The van der Waals surface area contributed by atoms with Gasteiger partial charge in [-0.15, -0.1) is 0 Å². The molecule has 1 aliphatic heterocycles. The molecule has 1 atom stereocenters. The van der Waals surface area contributed by atoms with E-state index in [0.717, 1.165) is 19.3 Å². The minimum absolute atomic E-state index is 0.00465. The van der Waals surface area contributed by atoms with Gasteiger partial charge in [-0.2, -0.15) is 0 Å². The summed E-state index contributed by atoms with van der Waals surface area (Å²) in [5.74, 6) is -0.111. The van der Waals surface area contributed by atoms with Crippen LogP contribution in [-0.2, 0) is 9.59 Å². The molecule has 0 bridgehead atoms. The maximum Gasteiger partial charge on any atom is 0.240 e. The van der Waals surface area contributed by atoms with Gasteiger partial charge in [-0.3, -0.25) is 9.59 Å². The first-order valence-corrected chi connectivity index (χ1v) is 4.97. The van der Waals surface area contributed by atoms with Crippen LogP contribution in [0.3, 0.4) is 0 Å². The van der Waals surface area contributed by atoms with E-state index in [1.165, 1.54) is 0 Å². The molecule has 14 heavy (non-hydrogen) atoms. The van der Waals surface area contributed by atoms with Crippen LogP contribution in [0.1, 0.15) is 25.7 Å². The van der Waals surface area contributed by atoms with Crippen molar-refractivity contribution in [1.29, 1.82) is 0 Å². The Morgan fingerprint density at radius 1 is 1.57 bits per heavy atom. The lowest BCUT2D eigenvalue weighted by atomic mass is 9.77. The summed E-state index contributed by atoms with van der Waals surface area (Å²) in [5, 5.41) is 5.47. The lowest BCUT2D eigenvalue weighted by molar-refractivity contribution is -0.129. The van der Waals surface area contributed by atoms with Crippen LogP contribution >= 0.6 is 0 Å². The van der Waals surface area contributed by atoms with Crippen molar-refractivity contribution in [3.63, 3.8) is 0 Å². The summed E-state index contributed by atoms with van der Waals surface area (Å²) in [5.41, 5.74) is 5.18. The first kappa shape index (κ1) is 9.45. The maximum absolute atomic E-state index is 11.6. The van der Waals surface area contributed by atoms with E-state index < -0.39 is 5.54 Å². The molecule has 5 heteroatoms. The van der Waals surface area contributed by atoms with Crippen molar-refractivity contribution in [2.75, 3.05) is 6.54 Å². The summed E-state index contributed by atoms with van der Waals surface area (Å²) < 4.78 is 0. The summed E-state index contributed by atoms with van der Waals surface area (Å²) in [4.78, 5) is 22.5. The Hall–Kier alpha value is -1.10. The number of hydrogen-bond acceptors (Lipinski definition) is 3.